The Morgan fingerprint density at radius 1 is 0.920 bits per heavy atom. The summed E-state index contributed by atoms with van der Waals surface area (Å²) in [6.07, 6.45) is 0. The molecule has 0 aliphatic carbocycles. The lowest BCUT2D eigenvalue weighted by atomic mass is 10.1. The van der Waals surface area contributed by atoms with Crippen molar-refractivity contribution >= 4 is 17.6 Å². The molecule has 0 unspecified atom stereocenters. The second kappa shape index (κ2) is 7.86. The summed E-state index contributed by atoms with van der Waals surface area (Å²) in [7, 11) is 0. The molecule has 0 radical (unpaired) electrons. The molecule has 3 rings (SSSR count). The molecule has 3 nitrogen and oxygen atoms in total. The molecule has 0 atom stereocenters. The van der Waals surface area contributed by atoms with Crippen molar-refractivity contribution in [3.05, 3.63) is 94.5 Å². The van der Waals surface area contributed by atoms with Gasteiger partial charge in [-0.1, -0.05) is 60.1 Å². The van der Waals surface area contributed by atoms with E-state index in [0.29, 0.717) is 34.3 Å². The van der Waals surface area contributed by atoms with E-state index in [1.807, 2.05) is 36.4 Å². The van der Waals surface area contributed by atoms with Gasteiger partial charge in [0.15, 0.2) is 0 Å². The first-order valence-corrected chi connectivity index (χ1v) is 8.26. The zero-order chi connectivity index (χ0) is 17.6. The van der Waals surface area contributed by atoms with E-state index in [1.165, 1.54) is 0 Å². The molecule has 25 heavy (non-hydrogen) atoms. The molecule has 0 heterocycles. The fourth-order valence-electron chi connectivity index (χ4n) is 2.42. The summed E-state index contributed by atoms with van der Waals surface area (Å²) < 4.78 is 11.3. The number of ether oxygens (including phenoxy) is 2. The first-order valence-electron chi connectivity index (χ1n) is 7.88. The van der Waals surface area contributed by atoms with Crippen LogP contribution in [0.2, 0.25) is 5.02 Å². The van der Waals surface area contributed by atoms with Gasteiger partial charge in [0.1, 0.15) is 23.7 Å². The van der Waals surface area contributed by atoms with E-state index >= 15 is 0 Å². The number of para-hydroxylation sites is 1. The number of carbonyl (C=O) groups is 1. The third-order valence-corrected chi connectivity index (χ3v) is 4.17. The van der Waals surface area contributed by atoms with Crippen LogP contribution in [-0.2, 0) is 6.61 Å². The van der Waals surface area contributed by atoms with Gasteiger partial charge in [0.05, 0.1) is 0 Å². The second-order valence-corrected chi connectivity index (χ2v) is 5.93. The number of benzene rings is 3. The first kappa shape index (κ1) is 17.1. The van der Waals surface area contributed by atoms with Crippen molar-refractivity contribution in [2.24, 2.45) is 0 Å². The monoisotopic (exact) mass is 352 g/mol. The zero-order valence-electron chi connectivity index (χ0n) is 13.7. The summed E-state index contributed by atoms with van der Waals surface area (Å²) in [5.41, 5.74) is 1.98. The maximum absolute atomic E-state index is 12.7. The number of hydrogen-bond acceptors (Lipinski definition) is 3. The van der Waals surface area contributed by atoms with E-state index in [4.69, 9.17) is 21.1 Å². The Morgan fingerprint density at radius 2 is 1.56 bits per heavy atom. The lowest BCUT2D eigenvalue weighted by molar-refractivity contribution is 0.0729. The lowest BCUT2D eigenvalue weighted by Gasteiger charge is -2.14. The largest absolute Gasteiger partial charge is 0.488 e. The van der Waals surface area contributed by atoms with Gasteiger partial charge in [0, 0.05) is 5.02 Å². The standard InChI is InChI=1S/C21H17ClO3/c1-15-18(22)12-13-19(24-14-16-8-4-2-5-9-16)20(15)21(23)25-17-10-6-3-7-11-17/h2-13H,14H2,1H3. The summed E-state index contributed by atoms with van der Waals surface area (Å²) in [5.74, 6) is 0.432. The van der Waals surface area contributed by atoms with E-state index in [-0.39, 0.29) is 0 Å². The van der Waals surface area contributed by atoms with Gasteiger partial charge in [0.25, 0.3) is 0 Å². The molecule has 0 amide bonds. The SMILES string of the molecule is Cc1c(Cl)ccc(OCc2ccccc2)c1C(=O)Oc1ccccc1. The number of rotatable bonds is 5. The predicted octanol–water partition coefficient (Wildman–Crippen LogP) is 5.45. The molecule has 0 aliphatic rings. The van der Waals surface area contributed by atoms with Crippen LogP contribution in [0.3, 0.4) is 0 Å². The van der Waals surface area contributed by atoms with Crippen LogP contribution in [0.1, 0.15) is 21.5 Å². The molecule has 4 heteroatoms. The molecule has 0 saturated carbocycles. The molecule has 0 fully saturated rings. The molecule has 3 aromatic rings. The summed E-state index contributed by atoms with van der Waals surface area (Å²) in [6, 6.07) is 22.1. The Balaban J connectivity index is 1.86. The Labute approximate surface area is 151 Å². The van der Waals surface area contributed by atoms with Gasteiger partial charge >= 0.3 is 5.97 Å². The summed E-state index contributed by atoms with van der Waals surface area (Å²) in [6.45, 7) is 2.13. The molecular weight excluding hydrogens is 336 g/mol. The quantitative estimate of drug-likeness (QED) is 0.452. The molecule has 126 valence electrons. The van der Waals surface area contributed by atoms with Crippen molar-refractivity contribution in [2.75, 3.05) is 0 Å². The van der Waals surface area contributed by atoms with E-state index < -0.39 is 5.97 Å². The van der Waals surface area contributed by atoms with Crippen LogP contribution in [0.25, 0.3) is 0 Å². The Morgan fingerprint density at radius 3 is 2.24 bits per heavy atom. The van der Waals surface area contributed by atoms with Crippen LogP contribution in [0.4, 0.5) is 0 Å². The minimum Gasteiger partial charge on any atom is -0.488 e. The highest BCUT2D eigenvalue weighted by Crippen LogP contribution is 2.30. The molecule has 0 spiro atoms. The van der Waals surface area contributed by atoms with Crippen LogP contribution >= 0.6 is 11.6 Å². The maximum atomic E-state index is 12.7. The fourth-order valence-corrected chi connectivity index (χ4v) is 2.57. The number of carbonyl (C=O) groups excluding carboxylic acids is 1. The smallest absolute Gasteiger partial charge is 0.347 e. The van der Waals surface area contributed by atoms with Crippen LogP contribution in [-0.4, -0.2) is 5.97 Å². The number of halogens is 1. The van der Waals surface area contributed by atoms with Gasteiger partial charge in [-0.2, -0.15) is 0 Å². The third kappa shape index (κ3) is 4.20. The van der Waals surface area contributed by atoms with Gasteiger partial charge in [-0.15, -0.1) is 0 Å². The lowest BCUT2D eigenvalue weighted by Crippen LogP contribution is -2.13. The molecule has 0 saturated heterocycles. The van der Waals surface area contributed by atoms with Crippen LogP contribution in [0, 0.1) is 6.92 Å². The first-order chi connectivity index (χ1) is 12.1. The van der Waals surface area contributed by atoms with Crippen molar-refractivity contribution in [3.63, 3.8) is 0 Å². The molecule has 0 aliphatic heterocycles. The zero-order valence-corrected chi connectivity index (χ0v) is 14.5. The normalized spacial score (nSPS) is 10.3. The molecule has 0 aromatic heterocycles. The molecule has 0 N–H and O–H groups in total. The Hall–Kier alpha value is -2.78. The summed E-state index contributed by atoms with van der Waals surface area (Å²) in [5, 5.41) is 0.493. The van der Waals surface area contributed by atoms with Crippen molar-refractivity contribution in [1.29, 1.82) is 0 Å². The van der Waals surface area contributed by atoms with E-state index in [0.717, 1.165) is 5.56 Å². The third-order valence-electron chi connectivity index (χ3n) is 3.76. The van der Waals surface area contributed by atoms with Crippen LogP contribution < -0.4 is 9.47 Å². The van der Waals surface area contributed by atoms with Crippen molar-refractivity contribution in [2.45, 2.75) is 13.5 Å². The predicted molar refractivity (Wildman–Crippen MR) is 98.4 cm³/mol. The molecule has 0 bridgehead atoms. The van der Waals surface area contributed by atoms with Crippen molar-refractivity contribution in [1.82, 2.24) is 0 Å². The Bertz CT molecular complexity index is 861. The summed E-state index contributed by atoms with van der Waals surface area (Å²) in [4.78, 5) is 12.7. The molecular formula is C21H17ClO3. The van der Waals surface area contributed by atoms with Gasteiger partial charge in [-0.25, -0.2) is 4.79 Å². The van der Waals surface area contributed by atoms with Gasteiger partial charge in [-0.3, -0.25) is 0 Å². The van der Waals surface area contributed by atoms with Crippen LogP contribution in [0.15, 0.2) is 72.8 Å². The number of hydrogen-bond donors (Lipinski definition) is 0. The fraction of sp³-hybridized carbons (Fsp3) is 0.0952. The van der Waals surface area contributed by atoms with Crippen molar-refractivity contribution < 1.29 is 14.3 Å². The second-order valence-electron chi connectivity index (χ2n) is 5.52. The van der Waals surface area contributed by atoms with E-state index in [2.05, 4.69) is 0 Å². The summed E-state index contributed by atoms with van der Waals surface area (Å²) >= 11 is 6.19. The van der Waals surface area contributed by atoms with Crippen molar-refractivity contribution in [3.8, 4) is 11.5 Å². The minimum absolute atomic E-state index is 0.340. The minimum atomic E-state index is -0.491. The maximum Gasteiger partial charge on any atom is 0.347 e. The molecule has 3 aromatic carbocycles. The topological polar surface area (TPSA) is 35.5 Å². The Kier molecular flexibility index (Phi) is 5.36. The van der Waals surface area contributed by atoms with Gasteiger partial charge in [0.2, 0.25) is 0 Å². The number of esters is 1. The van der Waals surface area contributed by atoms with E-state index in [9.17, 15) is 4.79 Å². The van der Waals surface area contributed by atoms with Crippen LogP contribution in [0.5, 0.6) is 11.5 Å². The average Bonchev–Trinajstić information content (AvgIpc) is 2.64. The average molecular weight is 353 g/mol. The van der Waals surface area contributed by atoms with Gasteiger partial charge < -0.3 is 9.47 Å². The highest BCUT2D eigenvalue weighted by Gasteiger charge is 2.20. The van der Waals surface area contributed by atoms with E-state index in [1.54, 1.807) is 43.3 Å². The van der Waals surface area contributed by atoms with Gasteiger partial charge in [-0.05, 0) is 42.3 Å². The highest BCUT2D eigenvalue weighted by atomic mass is 35.5. The highest BCUT2D eigenvalue weighted by molar-refractivity contribution is 6.32.